The predicted molar refractivity (Wildman–Crippen MR) is 104 cm³/mol. The number of nitrogens with one attached hydrogen (secondary N) is 2. The average Bonchev–Trinajstić information content (AvgIpc) is 2.61. The molecule has 5 nitrogen and oxygen atoms in total. The Labute approximate surface area is 149 Å². The first kappa shape index (κ1) is 19.5. The molecule has 2 heterocycles. The molecule has 0 radical (unpaired) electrons. The molecule has 0 amide bonds. The van der Waals surface area contributed by atoms with E-state index in [4.69, 9.17) is 4.99 Å². The first-order valence-electron chi connectivity index (χ1n) is 10.2. The minimum absolute atomic E-state index is 0.660. The van der Waals surface area contributed by atoms with Gasteiger partial charge in [0.1, 0.15) is 0 Å². The number of hydrogen-bond donors (Lipinski definition) is 2. The van der Waals surface area contributed by atoms with Crippen molar-refractivity contribution in [3.63, 3.8) is 0 Å². The Hall–Kier alpha value is -0.810. The van der Waals surface area contributed by atoms with E-state index >= 15 is 0 Å². The fourth-order valence-electron chi connectivity index (χ4n) is 3.79. The van der Waals surface area contributed by atoms with Gasteiger partial charge < -0.3 is 20.4 Å². The fourth-order valence-corrected chi connectivity index (χ4v) is 3.79. The van der Waals surface area contributed by atoms with Crippen LogP contribution in [0.5, 0.6) is 0 Å². The summed E-state index contributed by atoms with van der Waals surface area (Å²) < 4.78 is 0. The van der Waals surface area contributed by atoms with Crippen molar-refractivity contribution in [2.75, 3.05) is 52.4 Å². The molecule has 0 aliphatic carbocycles. The van der Waals surface area contributed by atoms with E-state index in [9.17, 15) is 0 Å². The van der Waals surface area contributed by atoms with Crippen LogP contribution in [0.4, 0.5) is 0 Å². The summed E-state index contributed by atoms with van der Waals surface area (Å²) in [5.41, 5.74) is 0. The molecule has 2 rings (SSSR count). The maximum atomic E-state index is 4.86. The van der Waals surface area contributed by atoms with Gasteiger partial charge in [-0.2, -0.15) is 0 Å². The first-order valence-corrected chi connectivity index (χ1v) is 10.2. The van der Waals surface area contributed by atoms with Crippen LogP contribution in [0.15, 0.2) is 4.99 Å². The molecular weight excluding hydrogens is 298 g/mol. The summed E-state index contributed by atoms with van der Waals surface area (Å²) in [6.45, 7) is 15.7. The molecule has 2 aliphatic heterocycles. The number of aliphatic imine (C=N–C) groups is 1. The van der Waals surface area contributed by atoms with Gasteiger partial charge in [0.2, 0.25) is 0 Å². The Bertz CT molecular complexity index is 363. The van der Waals surface area contributed by atoms with E-state index in [2.05, 4.69) is 41.2 Å². The van der Waals surface area contributed by atoms with E-state index < -0.39 is 0 Å². The summed E-state index contributed by atoms with van der Waals surface area (Å²) in [4.78, 5) is 10.0. The lowest BCUT2D eigenvalue weighted by Gasteiger charge is -2.34. The topological polar surface area (TPSA) is 42.9 Å². The molecule has 2 N–H and O–H groups in total. The Morgan fingerprint density at radius 2 is 1.88 bits per heavy atom. The van der Waals surface area contributed by atoms with Crippen LogP contribution in [-0.4, -0.2) is 74.2 Å². The summed E-state index contributed by atoms with van der Waals surface area (Å²) in [6, 6.07) is 0.660. The van der Waals surface area contributed by atoms with Gasteiger partial charge in [-0.05, 0) is 72.0 Å². The van der Waals surface area contributed by atoms with E-state index in [1.807, 2.05) is 0 Å². The Balaban J connectivity index is 1.72. The maximum Gasteiger partial charge on any atom is 0.191 e. The average molecular weight is 338 g/mol. The highest BCUT2D eigenvalue weighted by molar-refractivity contribution is 5.79. The van der Waals surface area contributed by atoms with Crippen molar-refractivity contribution >= 4 is 5.96 Å². The third-order valence-electron chi connectivity index (χ3n) is 5.30. The number of nitrogens with zero attached hydrogens (tertiary/aromatic N) is 3. The highest BCUT2D eigenvalue weighted by Gasteiger charge is 2.21. The van der Waals surface area contributed by atoms with Crippen molar-refractivity contribution < 1.29 is 0 Å². The zero-order chi connectivity index (χ0) is 17.2. The predicted octanol–water partition coefficient (Wildman–Crippen LogP) is 2.15. The molecule has 0 bridgehead atoms. The molecule has 2 fully saturated rings. The molecule has 24 heavy (non-hydrogen) atoms. The van der Waals surface area contributed by atoms with E-state index in [-0.39, 0.29) is 0 Å². The van der Waals surface area contributed by atoms with Crippen LogP contribution >= 0.6 is 0 Å². The van der Waals surface area contributed by atoms with Gasteiger partial charge in [0, 0.05) is 38.8 Å². The molecule has 5 heteroatoms. The van der Waals surface area contributed by atoms with Crippen LogP contribution in [0, 0.1) is 5.92 Å². The summed E-state index contributed by atoms with van der Waals surface area (Å²) >= 11 is 0. The molecule has 0 saturated carbocycles. The number of rotatable bonds is 7. The number of guanidine groups is 1. The number of piperidine rings is 2. The van der Waals surface area contributed by atoms with Gasteiger partial charge in [-0.15, -0.1) is 0 Å². The summed E-state index contributed by atoms with van der Waals surface area (Å²) in [7, 11) is 0. The highest BCUT2D eigenvalue weighted by atomic mass is 15.2. The van der Waals surface area contributed by atoms with Crippen LogP contribution in [0.25, 0.3) is 0 Å². The standard InChI is InChI=1S/C19H39N5/c1-4-20-19(21-10-14-23-11-6-5-7-12-23)22-15-18-9-8-13-24(16-18)17(2)3/h17-18H,4-16H2,1-3H3,(H2,20,21,22). The third kappa shape index (κ3) is 6.98. The third-order valence-corrected chi connectivity index (χ3v) is 5.30. The van der Waals surface area contributed by atoms with Crippen LogP contribution in [-0.2, 0) is 0 Å². The van der Waals surface area contributed by atoms with Crippen molar-refractivity contribution in [1.82, 2.24) is 20.4 Å². The largest absolute Gasteiger partial charge is 0.357 e. The Kier molecular flexibility index (Phi) is 8.89. The zero-order valence-corrected chi connectivity index (χ0v) is 16.2. The second-order valence-corrected chi connectivity index (χ2v) is 7.65. The fraction of sp³-hybridized carbons (Fsp3) is 0.947. The summed E-state index contributed by atoms with van der Waals surface area (Å²) in [5.74, 6) is 1.70. The van der Waals surface area contributed by atoms with Gasteiger partial charge in [0.05, 0.1) is 0 Å². The van der Waals surface area contributed by atoms with Gasteiger partial charge in [-0.3, -0.25) is 4.99 Å². The highest BCUT2D eigenvalue weighted by Crippen LogP contribution is 2.18. The van der Waals surface area contributed by atoms with Gasteiger partial charge >= 0.3 is 0 Å². The maximum absolute atomic E-state index is 4.86. The molecule has 0 aromatic rings. The minimum atomic E-state index is 0.660. The smallest absolute Gasteiger partial charge is 0.191 e. The van der Waals surface area contributed by atoms with Crippen LogP contribution < -0.4 is 10.6 Å². The number of hydrogen-bond acceptors (Lipinski definition) is 3. The minimum Gasteiger partial charge on any atom is -0.357 e. The molecule has 2 saturated heterocycles. The van der Waals surface area contributed by atoms with Crippen molar-refractivity contribution in [3.8, 4) is 0 Å². The van der Waals surface area contributed by atoms with Crippen LogP contribution in [0.2, 0.25) is 0 Å². The molecular formula is C19H39N5. The monoisotopic (exact) mass is 337 g/mol. The lowest BCUT2D eigenvalue weighted by Crippen LogP contribution is -2.44. The lowest BCUT2D eigenvalue weighted by atomic mass is 9.97. The van der Waals surface area contributed by atoms with Gasteiger partial charge in [0.25, 0.3) is 0 Å². The van der Waals surface area contributed by atoms with Crippen molar-refractivity contribution in [1.29, 1.82) is 0 Å². The van der Waals surface area contributed by atoms with Crippen LogP contribution in [0.1, 0.15) is 52.9 Å². The van der Waals surface area contributed by atoms with E-state index in [1.165, 1.54) is 58.3 Å². The number of likely N-dealkylation sites (tertiary alicyclic amines) is 2. The summed E-state index contributed by atoms with van der Waals surface area (Å²) in [5, 5.41) is 6.93. The summed E-state index contributed by atoms with van der Waals surface area (Å²) in [6.07, 6.45) is 6.77. The molecule has 2 aliphatic rings. The van der Waals surface area contributed by atoms with Gasteiger partial charge in [-0.25, -0.2) is 0 Å². The molecule has 0 aromatic heterocycles. The van der Waals surface area contributed by atoms with E-state index in [1.54, 1.807) is 0 Å². The van der Waals surface area contributed by atoms with E-state index in [0.29, 0.717) is 12.0 Å². The quantitative estimate of drug-likeness (QED) is 0.552. The Morgan fingerprint density at radius 3 is 2.58 bits per heavy atom. The Morgan fingerprint density at radius 1 is 1.08 bits per heavy atom. The van der Waals surface area contributed by atoms with Gasteiger partial charge in [-0.1, -0.05) is 6.42 Å². The molecule has 0 aromatic carbocycles. The van der Waals surface area contributed by atoms with E-state index in [0.717, 1.165) is 32.1 Å². The SMILES string of the molecule is CCNC(=NCC1CCCN(C(C)C)C1)NCCN1CCCCC1. The second-order valence-electron chi connectivity index (χ2n) is 7.65. The molecule has 1 atom stereocenters. The van der Waals surface area contributed by atoms with Crippen molar-refractivity contribution in [2.24, 2.45) is 10.9 Å². The molecule has 1 unspecified atom stereocenters. The van der Waals surface area contributed by atoms with Crippen molar-refractivity contribution in [3.05, 3.63) is 0 Å². The van der Waals surface area contributed by atoms with Crippen LogP contribution in [0.3, 0.4) is 0 Å². The molecule has 0 spiro atoms. The lowest BCUT2D eigenvalue weighted by molar-refractivity contribution is 0.143. The molecule has 140 valence electrons. The van der Waals surface area contributed by atoms with Gasteiger partial charge in [0.15, 0.2) is 5.96 Å². The second kappa shape index (κ2) is 10.9. The zero-order valence-electron chi connectivity index (χ0n) is 16.2. The first-order chi connectivity index (χ1) is 11.7. The normalized spacial score (nSPS) is 24.3. The van der Waals surface area contributed by atoms with Crippen molar-refractivity contribution in [2.45, 2.75) is 58.9 Å².